The second-order valence-corrected chi connectivity index (χ2v) is 4.62. The van der Waals surface area contributed by atoms with Gasteiger partial charge in [0.05, 0.1) is 6.33 Å². The Morgan fingerprint density at radius 1 is 1.45 bits per heavy atom. The highest BCUT2D eigenvalue weighted by atomic mass is 19.1. The van der Waals surface area contributed by atoms with Crippen LogP contribution in [-0.2, 0) is 11.3 Å². The number of aromatic nitrogens is 2. The standard InChI is InChI=1S/C15H16FN3O3/c1-11(22-13-4-2-3-12(16)9-13)15(21)18-7-8-19-10-17-6-5-14(19)20/h2-6,9-11H,7-8H2,1H3,(H,18,21). The van der Waals surface area contributed by atoms with Crippen molar-refractivity contribution in [3.05, 3.63) is 59.0 Å². The Morgan fingerprint density at radius 2 is 2.27 bits per heavy atom. The summed E-state index contributed by atoms with van der Waals surface area (Å²) in [4.78, 5) is 27.2. The van der Waals surface area contributed by atoms with Gasteiger partial charge in [0.1, 0.15) is 11.6 Å². The molecule has 1 heterocycles. The molecule has 0 bridgehead atoms. The van der Waals surface area contributed by atoms with Crippen LogP contribution in [0.4, 0.5) is 4.39 Å². The molecule has 0 aliphatic heterocycles. The summed E-state index contributed by atoms with van der Waals surface area (Å²) in [7, 11) is 0. The molecule has 2 aromatic rings. The first-order valence-corrected chi connectivity index (χ1v) is 6.76. The average molecular weight is 305 g/mol. The number of halogens is 1. The zero-order chi connectivity index (χ0) is 15.9. The van der Waals surface area contributed by atoms with Crippen molar-refractivity contribution in [2.24, 2.45) is 0 Å². The van der Waals surface area contributed by atoms with Gasteiger partial charge in [-0.15, -0.1) is 0 Å². The van der Waals surface area contributed by atoms with Crippen LogP contribution >= 0.6 is 0 Å². The summed E-state index contributed by atoms with van der Waals surface area (Å²) in [5.74, 6) is -0.492. The number of ether oxygens (including phenoxy) is 1. The van der Waals surface area contributed by atoms with Gasteiger partial charge in [0.2, 0.25) is 0 Å². The fraction of sp³-hybridized carbons (Fsp3) is 0.267. The minimum Gasteiger partial charge on any atom is -0.481 e. The number of hydrogen-bond acceptors (Lipinski definition) is 4. The van der Waals surface area contributed by atoms with E-state index < -0.39 is 11.9 Å². The fourth-order valence-corrected chi connectivity index (χ4v) is 1.79. The van der Waals surface area contributed by atoms with Crippen LogP contribution in [0.25, 0.3) is 0 Å². The van der Waals surface area contributed by atoms with Crippen molar-refractivity contribution in [2.45, 2.75) is 19.6 Å². The Kier molecular flexibility index (Phi) is 5.24. The molecule has 0 aliphatic rings. The third-order valence-electron chi connectivity index (χ3n) is 2.92. The Morgan fingerprint density at radius 3 is 3.00 bits per heavy atom. The maximum absolute atomic E-state index is 13.0. The molecule has 1 aromatic carbocycles. The quantitative estimate of drug-likeness (QED) is 0.863. The van der Waals surface area contributed by atoms with Crippen molar-refractivity contribution in [3.63, 3.8) is 0 Å². The second-order valence-electron chi connectivity index (χ2n) is 4.62. The van der Waals surface area contributed by atoms with Crippen molar-refractivity contribution in [1.82, 2.24) is 14.9 Å². The van der Waals surface area contributed by atoms with Crippen molar-refractivity contribution < 1.29 is 13.9 Å². The van der Waals surface area contributed by atoms with Crippen LogP contribution in [-0.4, -0.2) is 28.1 Å². The molecule has 2 rings (SSSR count). The van der Waals surface area contributed by atoms with Crippen molar-refractivity contribution in [3.8, 4) is 5.75 Å². The number of nitrogens with zero attached hydrogens (tertiary/aromatic N) is 2. The molecule has 0 fully saturated rings. The summed E-state index contributed by atoms with van der Waals surface area (Å²) in [5, 5.41) is 2.65. The van der Waals surface area contributed by atoms with E-state index in [-0.39, 0.29) is 23.8 Å². The Bertz CT molecular complexity index is 702. The largest absolute Gasteiger partial charge is 0.481 e. The van der Waals surface area contributed by atoms with Crippen molar-refractivity contribution in [2.75, 3.05) is 6.54 Å². The van der Waals surface area contributed by atoms with E-state index in [1.54, 1.807) is 13.0 Å². The lowest BCUT2D eigenvalue weighted by molar-refractivity contribution is -0.127. The second kappa shape index (κ2) is 7.35. The fourth-order valence-electron chi connectivity index (χ4n) is 1.79. The van der Waals surface area contributed by atoms with E-state index in [1.807, 2.05) is 0 Å². The lowest BCUT2D eigenvalue weighted by atomic mass is 10.3. The van der Waals surface area contributed by atoms with E-state index in [4.69, 9.17) is 4.74 Å². The van der Waals surface area contributed by atoms with E-state index in [2.05, 4.69) is 10.3 Å². The molecule has 7 heteroatoms. The summed E-state index contributed by atoms with van der Waals surface area (Å²) in [6.07, 6.45) is 2.04. The molecule has 0 aliphatic carbocycles. The van der Waals surface area contributed by atoms with Gasteiger partial charge in [0.25, 0.3) is 11.5 Å². The highest BCUT2D eigenvalue weighted by Crippen LogP contribution is 2.13. The van der Waals surface area contributed by atoms with Gasteiger partial charge in [-0.1, -0.05) is 6.07 Å². The molecule has 1 atom stereocenters. The monoisotopic (exact) mass is 305 g/mol. The first kappa shape index (κ1) is 15.7. The first-order chi connectivity index (χ1) is 10.6. The predicted octanol–water partition coefficient (Wildman–Crippen LogP) is 0.966. The predicted molar refractivity (Wildman–Crippen MR) is 78.0 cm³/mol. The van der Waals surface area contributed by atoms with Crippen molar-refractivity contribution >= 4 is 5.91 Å². The molecule has 0 radical (unpaired) electrons. The zero-order valence-electron chi connectivity index (χ0n) is 12.0. The molecule has 116 valence electrons. The minimum absolute atomic E-state index is 0.187. The maximum atomic E-state index is 13.0. The van der Waals surface area contributed by atoms with Gasteiger partial charge >= 0.3 is 0 Å². The molecular formula is C15H16FN3O3. The van der Waals surface area contributed by atoms with Gasteiger partial charge in [-0.3, -0.25) is 14.2 Å². The van der Waals surface area contributed by atoms with Gasteiger partial charge < -0.3 is 10.1 Å². The molecule has 1 aromatic heterocycles. The van der Waals surface area contributed by atoms with Gasteiger partial charge in [-0.25, -0.2) is 9.37 Å². The van der Waals surface area contributed by atoms with Crippen LogP contribution < -0.4 is 15.6 Å². The summed E-state index contributed by atoms with van der Waals surface area (Å²) in [5.41, 5.74) is -0.187. The van der Waals surface area contributed by atoms with Crippen LogP contribution in [0.2, 0.25) is 0 Å². The topological polar surface area (TPSA) is 73.2 Å². The summed E-state index contributed by atoms with van der Waals surface area (Å²) < 4.78 is 19.8. The molecule has 22 heavy (non-hydrogen) atoms. The van der Waals surface area contributed by atoms with E-state index in [0.717, 1.165) is 0 Å². The van der Waals surface area contributed by atoms with Crippen molar-refractivity contribution in [1.29, 1.82) is 0 Å². The number of carbonyl (C=O) groups excluding carboxylic acids is 1. The minimum atomic E-state index is -0.771. The lowest BCUT2D eigenvalue weighted by Crippen LogP contribution is -2.38. The van der Waals surface area contributed by atoms with E-state index in [0.29, 0.717) is 6.54 Å². The third kappa shape index (κ3) is 4.41. The van der Waals surface area contributed by atoms with E-state index >= 15 is 0 Å². The lowest BCUT2D eigenvalue weighted by Gasteiger charge is -2.15. The van der Waals surface area contributed by atoms with Crippen LogP contribution in [0.5, 0.6) is 5.75 Å². The number of hydrogen-bond donors (Lipinski definition) is 1. The number of rotatable bonds is 6. The van der Waals surface area contributed by atoms with Crippen LogP contribution in [0.1, 0.15) is 6.92 Å². The van der Waals surface area contributed by atoms with E-state index in [9.17, 15) is 14.0 Å². The summed E-state index contributed by atoms with van der Waals surface area (Å²) >= 11 is 0. The Labute approximate surface area is 126 Å². The molecule has 1 N–H and O–H groups in total. The van der Waals surface area contributed by atoms with Gasteiger partial charge in [-0.2, -0.15) is 0 Å². The Balaban J connectivity index is 1.82. The highest BCUT2D eigenvalue weighted by Gasteiger charge is 2.14. The van der Waals surface area contributed by atoms with Crippen LogP contribution in [0.15, 0.2) is 47.7 Å². The number of nitrogens with one attached hydrogen (secondary N) is 1. The van der Waals surface area contributed by atoms with Crippen LogP contribution in [0.3, 0.4) is 0 Å². The molecule has 0 saturated heterocycles. The third-order valence-corrected chi connectivity index (χ3v) is 2.92. The molecule has 0 spiro atoms. The normalized spacial score (nSPS) is 11.7. The van der Waals surface area contributed by atoms with Gasteiger partial charge in [-0.05, 0) is 19.1 Å². The van der Waals surface area contributed by atoms with Gasteiger partial charge in [0.15, 0.2) is 6.10 Å². The number of amides is 1. The summed E-state index contributed by atoms with van der Waals surface area (Å²) in [6.45, 7) is 2.14. The van der Waals surface area contributed by atoms with Gasteiger partial charge in [0, 0.05) is 31.4 Å². The molecule has 1 unspecified atom stereocenters. The average Bonchev–Trinajstić information content (AvgIpc) is 2.49. The maximum Gasteiger partial charge on any atom is 0.260 e. The van der Waals surface area contributed by atoms with E-state index in [1.165, 1.54) is 41.4 Å². The highest BCUT2D eigenvalue weighted by molar-refractivity contribution is 5.80. The smallest absolute Gasteiger partial charge is 0.260 e. The molecular weight excluding hydrogens is 289 g/mol. The molecule has 1 amide bonds. The zero-order valence-corrected chi connectivity index (χ0v) is 12.0. The first-order valence-electron chi connectivity index (χ1n) is 6.76. The molecule has 0 saturated carbocycles. The molecule has 6 nitrogen and oxygen atoms in total. The number of carbonyl (C=O) groups is 1. The SMILES string of the molecule is CC(Oc1cccc(F)c1)C(=O)NCCn1cnccc1=O. The summed E-state index contributed by atoms with van der Waals surface area (Å²) in [6, 6.07) is 6.92. The number of benzene rings is 1. The Hall–Kier alpha value is -2.70. The van der Waals surface area contributed by atoms with Crippen LogP contribution in [0, 0.1) is 5.82 Å².